The van der Waals surface area contributed by atoms with Gasteiger partial charge >= 0.3 is 0 Å². The standard InChI is InChI=1S/C12H18ClN3O/c1-12(17)5-2-6-16(8-12)7-10-9(13)3-4-11(14)15-10/h3-4,17H,2,5-8H2,1H3,(H2,14,15). The Labute approximate surface area is 106 Å². The van der Waals surface area contributed by atoms with E-state index in [1.807, 2.05) is 6.92 Å². The maximum absolute atomic E-state index is 10.0. The fourth-order valence-corrected chi connectivity index (χ4v) is 2.45. The Morgan fingerprint density at radius 1 is 1.59 bits per heavy atom. The van der Waals surface area contributed by atoms with Crippen LogP contribution in [0.25, 0.3) is 0 Å². The average molecular weight is 256 g/mol. The van der Waals surface area contributed by atoms with Crippen LogP contribution in [0.15, 0.2) is 12.1 Å². The van der Waals surface area contributed by atoms with Crippen LogP contribution in [-0.2, 0) is 6.54 Å². The SMILES string of the molecule is CC1(O)CCCN(Cc2nc(N)ccc2Cl)C1. The van der Waals surface area contributed by atoms with Crippen LogP contribution in [0.3, 0.4) is 0 Å². The minimum atomic E-state index is -0.606. The summed E-state index contributed by atoms with van der Waals surface area (Å²) >= 11 is 6.08. The van der Waals surface area contributed by atoms with Crippen molar-refractivity contribution in [2.24, 2.45) is 0 Å². The summed E-state index contributed by atoms with van der Waals surface area (Å²) < 4.78 is 0. The highest BCUT2D eigenvalue weighted by atomic mass is 35.5. The average Bonchev–Trinajstić information content (AvgIpc) is 2.22. The minimum Gasteiger partial charge on any atom is -0.389 e. The van der Waals surface area contributed by atoms with E-state index >= 15 is 0 Å². The van der Waals surface area contributed by atoms with Crippen molar-refractivity contribution in [2.75, 3.05) is 18.8 Å². The summed E-state index contributed by atoms with van der Waals surface area (Å²) in [5.41, 5.74) is 5.82. The van der Waals surface area contributed by atoms with Crippen molar-refractivity contribution in [1.82, 2.24) is 9.88 Å². The molecule has 1 aliphatic rings. The third-order valence-electron chi connectivity index (χ3n) is 3.07. The lowest BCUT2D eigenvalue weighted by atomic mass is 9.95. The van der Waals surface area contributed by atoms with Gasteiger partial charge in [0.2, 0.25) is 0 Å². The Balaban J connectivity index is 2.07. The van der Waals surface area contributed by atoms with Gasteiger partial charge in [-0.05, 0) is 38.4 Å². The molecule has 1 saturated heterocycles. The van der Waals surface area contributed by atoms with Crippen LogP contribution in [0.4, 0.5) is 5.82 Å². The number of nitrogen functional groups attached to an aromatic ring is 1. The molecular weight excluding hydrogens is 238 g/mol. The highest BCUT2D eigenvalue weighted by Gasteiger charge is 2.28. The van der Waals surface area contributed by atoms with Gasteiger partial charge in [-0.1, -0.05) is 11.6 Å². The molecule has 0 radical (unpaired) electrons. The Morgan fingerprint density at radius 3 is 3.06 bits per heavy atom. The van der Waals surface area contributed by atoms with Crippen LogP contribution in [0, 0.1) is 0 Å². The monoisotopic (exact) mass is 255 g/mol. The maximum Gasteiger partial charge on any atom is 0.123 e. The van der Waals surface area contributed by atoms with Crippen molar-refractivity contribution < 1.29 is 5.11 Å². The van der Waals surface area contributed by atoms with Crippen molar-refractivity contribution >= 4 is 17.4 Å². The first-order valence-corrected chi connectivity index (χ1v) is 6.20. The molecule has 2 rings (SSSR count). The van der Waals surface area contributed by atoms with Crippen molar-refractivity contribution in [1.29, 1.82) is 0 Å². The lowest BCUT2D eigenvalue weighted by Gasteiger charge is -2.36. The third-order valence-corrected chi connectivity index (χ3v) is 3.41. The summed E-state index contributed by atoms with van der Waals surface area (Å²) in [4.78, 5) is 6.40. The highest BCUT2D eigenvalue weighted by Crippen LogP contribution is 2.23. The number of anilines is 1. The molecule has 5 heteroatoms. The molecule has 2 heterocycles. The molecule has 0 saturated carbocycles. The third kappa shape index (κ3) is 3.31. The molecule has 1 aromatic rings. The second kappa shape index (κ2) is 4.80. The quantitative estimate of drug-likeness (QED) is 0.844. The van der Waals surface area contributed by atoms with Crippen molar-refractivity contribution in [3.63, 3.8) is 0 Å². The van der Waals surface area contributed by atoms with Gasteiger partial charge in [0.1, 0.15) is 5.82 Å². The number of pyridine rings is 1. The lowest BCUT2D eigenvalue weighted by molar-refractivity contribution is -0.0184. The van der Waals surface area contributed by atoms with E-state index in [1.54, 1.807) is 12.1 Å². The van der Waals surface area contributed by atoms with Gasteiger partial charge in [-0.25, -0.2) is 4.98 Å². The van der Waals surface area contributed by atoms with E-state index in [1.165, 1.54) is 0 Å². The second-order valence-corrected chi connectivity index (χ2v) is 5.38. The van der Waals surface area contributed by atoms with Gasteiger partial charge in [-0.15, -0.1) is 0 Å². The van der Waals surface area contributed by atoms with Crippen LogP contribution in [0.1, 0.15) is 25.5 Å². The molecule has 1 atom stereocenters. The molecule has 3 N–H and O–H groups in total. The van der Waals surface area contributed by atoms with Gasteiger partial charge in [-0.3, -0.25) is 4.90 Å². The first-order valence-electron chi connectivity index (χ1n) is 5.82. The summed E-state index contributed by atoms with van der Waals surface area (Å²) in [6.07, 6.45) is 1.84. The molecule has 0 aromatic carbocycles. The van der Waals surface area contributed by atoms with Crippen molar-refractivity contribution in [3.8, 4) is 0 Å². The predicted molar refractivity (Wildman–Crippen MR) is 68.8 cm³/mol. The first kappa shape index (κ1) is 12.6. The normalized spacial score (nSPS) is 26.1. The Kier molecular flexibility index (Phi) is 3.56. The predicted octanol–water partition coefficient (Wildman–Crippen LogP) is 1.66. The van der Waals surface area contributed by atoms with Gasteiger partial charge in [0.25, 0.3) is 0 Å². The van der Waals surface area contributed by atoms with E-state index in [4.69, 9.17) is 17.3 Å². The van der Waals surface area contributed by atoms with Crippen LogP contribution in [-0.4, -0.2) is 33.7 Å². The molecule has 1 aliphatic heterocycles. The summed E-state index contributed by atoms with van der Waals surface area (Å²) in [6.45, 7) is 4.12. The molecule has 0 spiro atoms. The molecule has 1 unspecified atom stereocenters. The number of nitrogens with zero attached hydrogens (tertiary/aromatic N) is 2. The number of β-amino-alcohol motifs (C(OH)–C–C–N with tert-alkyl or cyclic N) is 1. The van der Waals surface area contributed by atoms with Crippen LogP contribution in [0.5, 0.6) is 0 Å². The van der Waals surface area contributed by atoms with E-state index < -0.39 is 5.60 Å². The van der Waals surface area contributed by atoms with E-state index in [-0.39, 0.29) is 0 Å². The number of likely N-dealkylation sites (tertiary alicyclic amines) is 1. The molecule has 0 aliphatic carbocycles. The number of aromatic nitrogens is 1. The molecule has 17 heavy (non-hydrogen) atoms. The molecule has 4 nitrogen and oxygen atoms in total. The zero-order valence-electron chi connectivity index (χ0n) is 9.99. The molecular formula is C12H18ClN3O. The number of rotatable bonds is 2. The minimum absolute atomic E-state index is 0.480. The van der Waals surface area contributed by atoms with Crippen molar-refractivity contribution in [3.05, 3.63) is 22.8 Å². The van der Waals surface area contributed by atoms with E-state index in [2.05, 4.69) is 9.88 Å². The van der Waals surface area contributed by atoms with E-state index in [9.17, 15) is 5.11 Å². The van der Waals surface area contributed by atoms with Crippen molar-refractivity contribution in [2.45, 2.75) is 31.9 Å². The Bertz CT molecular complexity index is 409. The number of hydrogen-bond donors (Lipinski definition) is 2. The van der Waals surface area contributed by atoms with Gasteiger partial charge in [0.15, 0.2) is 0 Å². The fraction of sp³-hybridized carbons (Fsp3) is 0.583. The smallest absolute Gasteiger partial charge is 0.123 e. The zero-order valence-corrected chi connectivity index (χ0v) is 10.7. The topological polar surface area (TPSA) is 62.4 Å². The summed E-state index contributed by atoms with van der Waals surface area (Å²) in [5, 5.41) is 10.7. The van der Waals surface area contributed by atoms with Crippen LogP contribution < -0.4 is 5.73 Å². The maximum atomic E-state index is 10.0. The lowest BCUT2D eigenvalue weighted by Crippen LogP contribution is -2.45. The number of aliphatic hydroxyl groups is 1. The Hall–Kier alpha value is -0.840. The molecule has 1 aromatic heterocycles. The molecule has 94 valence electrons. The van der Waals surface area contributed by atoms with Crippen LogP contribution >= 0.6 is 11.6 Å². The second-order valence-electron chi connectivity index (χ2n) is 4.98. The number of hydrogen-bond acceptors (Lipinski definition) is 4. The highest BCUT2D eigenvalue weighted by molar-refractivity contribution is 6.31. The Morgan fingerprint density at radius 2 is 2.35 bits per heavy atom. The van der Waals surface area contributed by atoms with E-state index in [0.717, 1.165) is 25.1 Å². The number of halogens is 1. The fourth-order valence-electron chi connectivity index (χ4n) is 2.28. The number of piperidine rings is 1. The number of nitrogens with two attached hydrogens (primary N) is 1. The largest absolute Gasteiger partial charge is 0.389 e. The molecule has 1 fully saturated rings. The van der Waals surface area contributed by atoms with E-state index in [0.29, 0.717) is 23.9 Å². The molecule has 0 bridgehead atoms. The first-order chi connectivity index (χ1) is 7.96. The summed E-state index contributed by atoms with van der Waals surface area (Å²) in [6, 6.07) is 3.46. The van der Waals surface area contributed by atoms with Gasteiger partial charge in [0, 0.05) is 13.1 Å². The van der Waals surface area contributed by atoms with Gasteiger partial charge in [0.05, 0.1) is 16.3 Å². The molecule has 0 amide bonds. The van der Waals surface area contributed by atoms with Gasteiger partial charge in [-0.2, -0.15) is 0 Å². The van der Waals surface area contributed by atoms with Crippen LogP contribution in [0.2, 0.25) is 5.02 Å². The summed E-state index contributed by atoms with van der Waals surface area (Å²) in [7, 11) is 0. The zero-order chi connectivity index (χ0) is 12.5. The summed E-state index contributed by atoms with van der Waals surface area (Å²) in [5.74, 6) is 0.480. The van der Waals surface area contributed by atoms with Gasteiger partial charge < -0.3 is 10.8 Å².